The Morgan fingerprint density at radius 2 is 1.90 bits per heavy atom. The lowest BCUT2D eigenvalue weighted by molar-refractivity contribution is 0.474. The van der Waals surface area contributed by atoms with Gasteiger partial charge in [-0.05, 0) is 78.9 Å². The van der Waals surface area contributed by atoms with Gasteiger partial charge >= 0.3 is 0 Å². The van der Waals surface area contributed by atoms with Crippen molar-refractivity contribution in [2.24, 2.45) is 4.99 Å². The standard InChI is InChI=1S/C25H23ClN2O2/c1-4-16(3)18-7-10-23-22(13-18)28-25(30-23)17-5-8-20(9-6-17)27-14-19-11-15(2)12-21(26)24(19)29/h5-14,16,29H,4H2,1-3H3/t16-/m0/s1. The molecule has 3 aromatic carbocycles. The van der Waals surface area contributed by atoms with Crippen LogP contribution in [0.2, 0.25) is 5.02 Å². The fourth-order valence-electron chi connectivity index (χ4n) is 3.30. The molecular formula is C25H23ClN2O2. The average Bonchev–Trinajstić information content (AvgIpc) is 3.18. The molecule has 0 spiro atoms. The number of phenols is 1. The summed E-state index contributed by atoms with van der Waals surface area (Å²) in [5.74, 6) is 1.12. The van der Waals surface area contributed by atoms with Crippen molar-refractivity contribution in [1.29, 1.82) is 0 Å². The van der Waals surface area contributed by atoms with Gasteiger partial charge in [0.1, 0.15) is 11.3 Å². The van der Waals surface area contributed by atoms with Gasteiger partial charge in [0, 0.05) is 17.3 Å². The summed E-state index contributed by atoms with van der Waals surface area (Å²) < 4.78 is 5.94. The van der Waals surface area contributed by atoms with E-state index in [1.807, 2.05) is 43.3 Å². The van der Waals surface area contributed by atoms with E-state index in [9.17, 15) is 5.11 Å². The number of rotatable bonds is 5. The van der Waals surface area contributed by atoms with Crippen LogP contribution in [-0.2, 0) is 0 Å². The zero-order valence-corrected chi connectivity index (χ0v) is 17.9. The molecule has 5 heteroatoms. The molecule has 4 aromatic rings. The molecule has 1 aromatic heterocycles. The maximum atomic E-state index is 10.1. The number of hydrogen-bond donors (Lipinski definition) is 1. The number of hydrogen-bond acceptors (Lipinski definition) is 4. The van der Waals surface area contributed by atoms with Gasteiger partial charge in [-0.2, -0.15) is 0 Å². The van der Waals surface area contributed by atoms with Gasteiger partial charge in [0.2, 0.25) is 5.89 Å². The summed E-state index contributed by atoms with van der Waals surface area (Å²) >= 11 is 6.03. The minimum atomic E-state index is 0.0332. The minimum Gasteiger partial charge on any atom is -0.506 e. The second kappa shape index (κ2) is 8.33. The molecule has 0 aliphatic rings. The highest BCUT2D eigenvalue weighted by molar-refractivity contribution is 6.32. The summed E-state index contributed by atoms with van der Waals surface area (Å²) in [6.45, 7) is 6.32. The monoisotopic (exact) mass is 418 g/mol. The van der Waals surface area contributed by atoms with Crippen molar-refractivity contribution < 1.29 is 9.52 Å². The molecule has 4 nitrogen and oxygen atoms in total. The van der Waals surface area contributed by atoms with E-state index in [2.05, 4.69) is 36.0 Å². The number of aromatic nitrogens is 1. The fraction of sp³-hybridized carbons (Fsp3) is 0.200. The molecule has 0 amide bonds. The lowest BCUT2D eigenvalue weighted by Gasteiger charge is -2.07. The molecule has 0 bridgehead atoms. The van der Waals surface area contributed by atoms with Gasteiger partial charge in [0.25, 0.3) is 0 Å². The summed E-state index contributed by atoms with van der Waals surface area (Å²) in [4.78, 5) is 9.10. The number of phenolic OH excluding ortho intramolecular Hbond substituents is 1. The van der Waals surface area contributed by atoms with Crippen LogP contribution in [0.25, 0.3) is 22.6 Å². The normalized spacial score (nSPS) is 12.7. The van der Waals surface area contributed by atoms with Crippen molar-refractivity contribution in [3.8, 4) is 17.2 Å². The first-order valence-electron chi connectivity index (χ1n) is 9.98. The van der Waals surface area contributed by atoms with Crippen molar-refractivity contribution >= 4 is 34.6 Å². The third kappa shape index (κ3) is 4.10. The van der Waals surface area contributed by atoms with Crippen LogP contribution < -0.4 is 0 Å². The number of aryl methyl sites for hydroxylation is 1. The largest absolute Gasteiger partial charge is 0.506 e. The average molecular weight is 419 g/mol. The highest BCUT2D eigenvalue weighted by Gasteiger charge is 2.11. The molecule has 0 fully saturated rings. The third-order valence-corrected chi connectivity index (χ3v) is 5.59. The Labute approximate surface area is 180 Å². The van der Waals surface area contributed by atoms with Gasteiger partial charge < -0.3 is 9.52 Å². The highest BCUT2D eigenvalue weighted by Crippen LogP contribution is 2.30. The Morgan fingerprint density at radius 3 is 2.63 bits per heavy atom. The zero-order valence-electron chi connectivity index (χ0n) is 17.2. The predicted molar refractivity (Wildman–Crippen MR) is 123 cm³/mol. The molecule has 1 heterocycles. The Bertz CT molecular complexity index is 1230. The van der Waals surface area contributed by atoms with Crippen LogP contribution in [0.4, 0.5) is 5.69 Å². The summed E-state index contributed by atoms with van der Waals surface area (Å²) in [7, 11) is 0. The van der Waals surface area contributed by atoms with E-state index in [1.165, 1.54) is 5.56 Å². The molecule has 0 aliphatic heterocycles. The van der Waals surface area contributed by atoms with Crippen LogP contribution in [0, 0.1) is 6.92 Å². The van der Waals surface area contributed by atoms with Crippen LogP contribution in [-0.4, -0.2) is 16.3 Å². The van der Waals surface area contributed by atoms with Gasteiger partial charge in [-0.15, -0.1) is 0 Å². The first kappa shape index (κ1) is 20.2. The highest BCUT2D eigenvalue weighted by atomic mass is 35.5. The van der Waals surface area contributed by atoms with Gasteiger partial charge in [-0.1, -0.05) is 31.5 Å². The van der Waals surface area contributed by atoms with E-state index in [-0.39, 0.29) is 5.75 Å². The zero-order chi connectivity index (χ0) is 21.3. The summed E-state index contributed by atoms with van der Waals surface area (Å²) in [5.41, 5.74) is 6.11. The van der Waals surface area contributed by atoms with Crippen LogP contribution >= 0.6 is 11.6 Å². The van der Waals surface area contributed by atoms with E-state index >= 15 is 0 Å². The number of benzene rings is 3. The first-order valence-corrected chi connectivity index (χ1v) is 10.4. The molecule has 0 saturated carbocycles. The molecule has 30 heavy (non-hydrogen) atoms. The van der Waals surface area contributed by atoms with E-state index in [1.54, 1.807) is 12.3 Å². The van der Waals surface area contributed by atoms with Crippen LogP contribution in [0.1, 0.15) is 42.9 Å². The number of halogens is 1. The lowest BCUT2D eigenvalue weighted by atomic mass is 9.98. The second-order valence-corrected chi connectivity index (χ2v) is 7.95. The van der Waals surface area contributed by atoms with Crippen molar-refractivity contribution in [3.05, 3.63) is 76.3 Å². The predicted octanol–water partition coefficient (Wildman–Crippen LogP) is 7.43. The lowest BCUT2D eigenvalue weighted by Crippen LogP contribution is -1.90. The van der Waals surface area contributed by atoms with Gasteiger partial charge in [0.05, 0.1) is 10.7 Å². The molecule has 152 valence electrons. The molecule has 0 saturated heterocycles. The molecule has 1 atom stereocenters. The number of nitrogens with zero attached hydrogens (tertiary/aromatic N) is 2. The van der Waals surface area contributed by atoms with E-state index in [0.29, 0.717) is 22.4 Å². The molecule has 0 radical (unpaired) electrons. The Morgan fingerprint density at radius 1 is 1.13 bits per heavy atom. The maximum absolute atomic E-state index is 10.1. The summed E-state index contributed by atoms with van der Waals surface area (Å²) in [5, 5.41) is 10.4. The van der Waals surface area contributed by atoms with Crippen molar-refractivity contribution in [2.45, 2.75) is 33.1 Å². The van der Waals surface area contributed by atoms with E-state index in [0.717, 1.165) is 34.3 Å². The van der Waals surface area contributed by atoms with Crippen molar-refractivity contribution in [1.82, 2.24) is 4.98 Å². The summed E-state index contributed by atoms with van der Waals surface area (Å²) in [6, 6.07) is 17.4. The Hall–Kier alpha value is -3.11. The van der Waals surface area contributed by atoms with E-state index in [4.69, 9.17) is 16.0 Å². The fourth-order valence-corrected chi connectivity index (χ4v) is 3.59. The smallest absolute Gasteiger partial charge is 0.227 e. The third-order valence-electron chi connectivity index (χ3n) is 5.30. The van der Waals surface area contributed by atoms with Crippen LogP contribution in [0.15, 0.2) is 64.0 Å². The number of aromatic hydroxyl groups is 1. The van der Waals surface area contributed by atoms with Crippen molar-refractivity contribution in [3.63, 3.8) is 0 Å². The molecular weight excluding hydrogens is 396 g/mol. The topological polar surface area (TPSA) is 58.6 Å². The number of oxazole rings is 1. The maximum Gasteiger partial charge on any atom is 0.227 e. The molecule has 1 N–H and O–H groups in total. The number of fused-ring (bicyclic) bond motifs is 1. The van der Waals surface area contributed by atoms with Crippen LogP contribution in [0.5, 0.6) is 5.75 Å². The SMILES string of the molecule is CC[C@H](C)c1ccc2oc(-c3ccc(N=Cc4cc(C)cc(Cl)c4O)cc3)nc2c1. The van der Waals surface area contributed by atoms with E-state index < -0.39 is 0 Å². The number of aliphatic imine (C=N–C) groups is 1. The van der Waals surface area contributed by atoms with Crippen LogP contribution in [0.3, 0.4) is 0 Å². The van der Waals surface area contributed by atoms with Gasteiger partial charge in [-0.3, -0.25) is 4.99 Å². The molecule has 0 aliphatic carbocycles. The van der Waals surface area contributed by atoms with Gasteiger partial charge in [-0.25, -0.2) is 4.98 Å². The first-order chi connectivity index (χ1) is 14.4. The summed E-state index contributed by atoms with van der Waals surface area (Å²) in [6.07, 6.45) is 2.70. The quantitative estimate of drug-likeness (QED) is 0.343. The van der Waals surface area contributed by atoms with Crippen molar-refractivity contribution in [2.75, 3.05) is 0 Å². The Kier molecular flexibility index (Phi) is 5.60. The minimum absolute atomic E-state index is 0.0332. The van der Waals surface area contributed by atoms with Gasteiger partial charge in [0.15, 0.2) is 5.58 Å². The molecule has 0 unspecified atom stereocenters. The second-order valence-electron chi connectivity index (χ2n) is 7.55. The molecule has 4 rings (SSSR count). The Balaban J connectivity index is 1.58.